The van der Waals surface area contributed by atoms with Gasteiger partial charge in [-0.1, -0.05) is 55.5 Å². The largest absolute Gasteiger partial charge is 0.481 e. The van der Waals surface area contributed by atoms with Crippen molar-refractivity contribution < 1.29 is 37.4 Å². The van der Waals surface area contributed by atoms with E-state index in [-0.39, 0.29) is 18.9 Å². The number of rotatable bonds is 8. The Morgan fingerprint density at radius 3 is 2.06 bits per heavy atom. The molecular weight excluding hydrogens is 441 g/mol. The highest BCUT2D eigenvalue weighted by molar-refractivity contribution is 5.86. The normalized spacial score (nSPS) is 14.5. The van der Waals surface area contributed by atoms with E-state index < -0.39 is 42.7 Å². The van der Waals surface area contributed by atoms with Gasteiger partial charge in [0, 0.05) is 12.5 Å². The molecule has 2 amide bonds. The predicted octanol–water partition coefficient (Wildman–Crippen LogP) is 3.68. The Labute approximate surface area is 187 Å². The van der Waals surface area contributed by atoms with Crippen LogP contribution >= 0.6 is 0 Å². The summed E-state index contributed by atoms with van der Waals surface area (Å²) >= 11 is 0. The monoisotopic (exact) mass is 464 g/mol. The lowest BCUT2D eigenvalue weighted by Crippen LogP contribution is -2.49. The first-order valence-electron chi connectivity index (χ1n) is 10.3. The molecule has 10 heteroatoms. The molecule has 0 spiro atoms. The fourth-order valence-electron chi connectivity index (χ4n) is 3.80. The maximum atomic E-state index is 12.8. The lowest BCUT2D eigenvalue weighted by Gasteiger charge is -2.20. The van der Waals surface area contributed by atoms with Gasteiger partial charge in [0.25, 0.3) is 0 Å². The van der Waals surface area contributed by atoms with Gasteiger partial charge in [0.2, 0.25) is 5.91 Å². The second-order valence-corrected chi connectivity index (χ2v) is 7.61. The Kier molecular flexibility index (Phi) is 7.25. The molecule has 1 aliphatic carbocycles. The van der Waals surface area contributed by atoms with Gasteiger partial charge in [0.1, 0.15) is 12.6 Å². The van der Waals surface area contributed by atoms with Gasteiger partial charge in [-0.3, -0.25) is 9.59 Å². The van der Waals surface area contributed by atoms with Gasteiger partial charge < -0.3 is 20.5 Å². The molecule has 2 atom stereocenters. The highest BCUT2D eigenvalue weighted by Gasteiger charge is 2.45. The SMILES string of the molecule is CC[C@H](NC(=O)OCC1c2ccccc2-c2ccccc21)C(=O)NCC(C(=O)O)C(F)(F)F. The average Bonchev–Trinajstić information content (AvgIpc) is 3.08. The van der Waals surface area contributed by atoms with Gasteiger partial charge in [-0.05, 0) is 28.7 Å². The second-order valence-electron chi connectivity index (χ2n) is 7.61. The summed E-state index contributed by atoms with van der Waals surface area (Å²) in [5.41, 5.74) is 4.10. The number of alkyl carbamates (subject to hydrolysis) is 1. The molecule has 0 fully saturated rings. The molecule has 0 saturated heterocycles. The molecule has 0 radical (unpaired) electrons. The van der Waals surface area contributed by atoms with E-state index in [1.54, 1.807) is 6.92 Å². The smallest absolute Gasteiger partial charge is 0.407 e. The van der Waals surface area contributed by atoms with Crippen LogP contribution in [-0.2, 0) is 14.3 Å². The highest BCUT2D eigenvalue weighted by atomic mass is 19.4. The molecule has 0 bridgehead atoms. The third-order valence-electron chi connectivity index (χ3n) is 5.53. The quantitative estimate of drug-likeness (QED) is 0.553. The zero-order chi connectivity index (χ0) is 24.2. The standard InChI is InChI=1S/C23H23F3N2O5/c1-2-19(20(29)27-11-18(21(30)31)23(24,25)26)28-22(32)33-12-17-15-9-5-3-7-13(15)14-8-4-6-10-16(14)17/h3-10,17-19H,2,11-12H2,1H3,(H,27,29)(H,28,32)(H,30,31)/t18?,19-/m0/s1. The number of carbonyl (C=O) groups excluding carboxylic acids is 2. The van der Waals surface area contributed by atoms with Crippen molar-refractivity contribution in [3.8, 4) is 11.1 Å². The van der Waals surface area contributed by atoms with Gasteiger partial charge in [-0.25, -0.2) is 4.79 Å². The van der Waals surface area contributed by atoms with E-state index in [1.807, 2.05) is 53.8 Å². The molecule has 0 aliphatic heterocycles. The predicted molar refractivity (Wildman–Crippen MR) is 112 cm³/mol. The average molecular weight is 464 g/mol. The summed E-state index contributed by atoms with van der Waals surface area (Å²) in [5.74, 6) is -5.96. The number of halogens is 3. The number of hydrogen-bond donors (Lipinski definition) is 3. The molecule has 2 aromatic rings. The van der Waals surface area contributed by atoms with Crippen molar-refractivity contribution in [2.75, 3.05) is 13.2 Å². The maximum absolute atomic E-state index is 12.8. The van der Waals surface area contributed by atoms with Crippen LogP contribution in [0.5, 0.6) is 0 Å². The Bertz CT molecular complexity index is 995. The summed E-state index contributed by atoms with van der Waals surface area (Å²) in [6.45, 7) is 0.417. The summed E-state index contributed by atoms with van der Waals surface area (Å²) in [4.78, 5) is 35.3. The number of fused-ring (bicyclic) bond motifs is 3. The zero-order valence-corrected chi connectivity index (χ0v) is 17.7. The van der Waals surface area contributed by atoms with Gasteiger partial charge in [-0.15, -0.1) is 0 Å². The van der Waals surface area contributed by atoms with Crippen molar-refractivity contribution >= 4 is 18.0 Å². The second kappa shape index (κ2) is 9.93. The summed E-state index contributed by atoms with van der Waals surface area (Å²) in [6, 6.07) is 14.3. The van der Waals surface area contributed by atoms with Crippen molar-refractivity contribution in [2.24, 2.45) is 5.92 Å². The Morgan fingerprint density at radius 2 is 1.58 bits per heavy atom. The third kappa shape index (κ3) is 5.44. The first-order chi connectivity index (χ1) is 15.6. The molecule has 7 nitrogen and oxygen atoms in total. The number of benzene rings is 2. The van der Waals surface area contributed by atoms with Crippen LogP contribution in [0.15, 0.2) is 48.5 Å². The van der Waals surface area contributed by atoms with E-state index in [9.17, 15) is 27.6 Å². The summed E-state index contributed by atoms with van der Waals surface area (Å²) < 4.78 is 43.6. The molecule has 1 aliphatic rings. The van der Waals surface area contributed by atoms with Crippen LogP contribution in [0, 0.1) is 5.92 Å². The zero-order valence-electron chi connectivity index (χ0n) is 17.7. The van der Waals surface area contributed by atoms with Crippen LogP contribution in [0.1, 0.15) is 30.4 Å². The minimum Gasteiger partial charge on any atom is -0.481 e. The van der Waals surface area contributed by atoms with E-state index >= 15 is 0 Å². The van der Waals surface area contributed by atoms with Gasteiger partial charge in [0.05, 0.1) is 0 Å². The Morgan fingerprint density at radius 1 is 1.03 bits per heavy atom. The molecule has 33 heavy (non-hydrogen) atoms. The molecule has 3 rings (SSSR count). The molecule has 0 saturated carbocycles. The Hall–Kier alpha value is -3.56. The minimum atomic E-state index is -5.01. The Balaban J connectivity index is 1.59. The van der Waals surface area contributed by atoms with Crippen molar-refractivity contribution in [3.63, 3.8) is 0 Å². The van der Waals surface area contributed by atoms with Crippen LogP contribution in [0.3, 0.4) is 0 Å². The topological polar surface area (TPSA) is 105 Å². The van der Waals surface area contributed by atoms with Crippen molar-refractivity contribution in [3.05, 3.63) is 59.7 Å². The maximum Gasteiger partial charge on any atom is 0.407 e. The summed E-state index contributed by atoms with van der Waals surface area (Å²) in [6.07, 6.45) is -5.84. The van der Waals surface area contributed by atoms with Crippen LogP contribution in [-0.4, -0.2) is 48.4 Å². The number of nitrogens with one attached hydrogen (secondary N) is 2. The van der Waals surface area contributed by atoms with Gasteiger partial charge in [-0.2, -0.15) is 13.2 Å². The fraction of sp³-hybridized carbons (Fsp3) is 0.348. The van der Waals surface area contributed by atoms with E-state index in [4.69, 9.17) is 9.84 Å². The molecule has 176 valence electrons. The summed E-state index contributed by atoms with van der Waals surface area (Å²) in [5, 5.41) is 13.0. The third-order valence-corrected chi connectivity index (χ3v) is 5.53. The lowest BCUT2D eigenvalue weighted by molar-refractivity contribution is -0.192. The number of carboxylic acid groups (broad SMARTS) is 1. The van der Waals surface area contributed by atoms with Crippen LogP contribution in [0.25, 0.3) is 11.1 Å². The van der Waals surface area contributed by atoms with Crippen molar-refractivity contribution in [2.45, 2.75) is 31.5 Å². The number of hydrogen-bond acceptors (Lipinski definition) is 4. The van der Waals surface area contributed by atoms with E-state index in [0.717, 1.165) is 22.3 Å². The highest BCUT2D eigenvalue weighted by Crippen LogP contribution is 2.44. The first-order valence-corrected chi connectivity index (χ1v) is 10.3. The minimum absolute atomic E-state index is 0.00702. The number of carboxylic acids is 1. The molecule has 0 heterocycles. The van der Waals surface area contributed by atoms with Gasteiger partial charge in [0.15, 0.2) is 5.92 Å². The van der Waals surface area contributed by atoms with Crippen LogP contribution < -0.4 is 10.6 Å². The number of carbonyl (C=O) groups is 3. The van der Waals surface area contributed by atoms with Crippen LogP contribution in [0.4, 0.5) is 18.0 Å². The van der Waals surface area contributed by atoms with Crippen molar-refractivity contribution in [1.29, 1.82) is 0 Å². The number of alkyl halides is 3. The molecule has 0 aromatic heterocycles. The number of ether oxygens (including phenoxy) is 1. The lowest BCUT2D eigenvalue weighted by atomic mass is 9.98. The molecular formula is C23H23F3N2O5. The van der Waals surface area contributed by atoms with E-state index in [2.05, 4.69) is 5.32 Å². The van der Waals surface area contributed by atoms with Gasteiger partial charge >= 0.3 is 18.2 Å². The van der Waals surface area contributed by atoms with Crippen LogP contribution in [0.2, 0.25) is 0 Å². The molecule has 3 N–H and O–H groups in total. The molecule has 1 unspecified atom stereocenters. The molecule has 2 aromatic carbocycles. The van der Waals surface area contributed by atoms with E-state index in [0.29, 0.717) is 0 Å². The summed E-state index contributed by atoms with van der Waals surface area (Å²) in [7, 11) is 0. The van der Waals surface area contributed by atoms with Crippen molar-refractivity contribution in [1.82, 2.24) is 10.6 Å². The number of aliphatic carboxylic acids is 1. The van der Waals surface area contributed by atoms with E-state index in [1.165, 1.54) is 0 Å². The fourth-order valence-corrected chi connectivity index (χ4v) is 3.80. The number of amides is 2. The first kappa shape index (κ1) is 24.1.